The van der Waals surface area contributed by atoms with Crippen LogP contribution in [-0.4, -0.2) is 96.3 Å². The fourth-order valence-electron chi connectivity index (χ4n) is 6.79. The second-order valence-electron chi connectivity index (χ2n) is 10.8. The number of carbonyl (C=O) groups excluding carboxylic acids is 3. The quantitative estimate of drug-likeness (QED) is 0.549. The SMILES string of the molecule is CCN(CC)c1ccc(N2CC=C[C@]34O[C@]5(C)C=CCN(C)C(=O)[C@@H]5[C@H]3C(=O)N(CCCO)C4C2=O)cc1. The van der Waals surface area contributed by atoms with Crippen LogP contribution >= 0.6 is 0 Å². The lowest BCUT2D eigenvalue weighted by Gasteiger charge is -2.37. The molecule has 4 aliphatic rings. The summed E-state index contributed by atoms with van der Waals surface area (Å²) in [7, 11) is 1.72. The number of hydrogen-bond acceptors (Lipinski definition) is 6. The van der Waals surface area contributed by atoms with E-state index in [0.717, 1.165) is 24.5 Å². The monoisotopic (exact) mass is 522 g/mol. The van der Waals surface area contributed by atoms with Crippen LogP contribution in [0.4, 0.5) is 11.4 Å². The molecule has 1 spiro atoms. The van der Waals surface area contributed by atoms with Crippen molar-refractivity contribution in [2.24, 2.45) is 11.8 Å². The number of rotatable bonds is 7. The van der Waals surface area contributed by atoms with Gasteiger partial charge in [-0.3, -0.25) is 14.4 Å². The summed E-state index contributed by atoms with van der Waals surface area (Å²) in [6.45, 7) is 8.68. The fourth-order valence-corrected chi connectivity index (χ4v) is 6.79. The maximum absolute atomic E-state index is 14.4. The highest BCUT2D eigenvalue weighted by Gasteiger charge is 2.74. The molecule has 1 unspecified atom stereocenters. The Bertz CT molecular complexity index is 1160. The minimum Gasteiger partial charge on any atom is -0.396 e. The van der Waals surface area contributed by atoms with Gasteiger partial charge >= 0.3 is 0 Å². The van der Waals surface area contributed by atoms with Crippen LogP contribution < -0.4 is 9.80 Å². The van der Waals surface area contributed by atoms with E-state index in [0.29, 0.717) is 19.5 Å². The number of likely N-dealkylation sites (N-methyl/N-ethyl adjacent to an activating group) is 1. The van der Waals surface area contributed by atoms with Crippen molar-refractivity contribution < 1.29 is 24.2 Å². The molecule has 1 N–H and O–H groups in total. The molecule has 9 heteroatoms. The van der Waals surface area contributed by atoms with E-state index in [9.17, 15) is 19.5 Å². The lowest BCUT2D eigenvalue weighted by Crippen LogP contribution is -2.56. The predicted octanol–water partition coefficient (Wildman–Crippen LogP) is 1.82. The number of ether oxygens (including phenoxy) is 1. The van der Waals surface area contributed by atoms with Gasteiger partial charge in [0, 0.05) is 57.8 Å². The molecule has 4 heterocycles. The largest absolute Gasteiger partial charge is 0.396 e. The summed E-state index contributed by atoms with van der Waals surface area (Å²) in [6.07, 6.45) is 7.84. The van der Waals surface area contributed by atoms with Gasteiger partial charge in [0.25, 0.3) is 5.91 Å². The molecule has 204 valence electrons. The molecule has 5 rings (SSSR count). The molecule has 2 saturated heterocycles. The van der Waals surface area contributed by atoms with Gasteiger partial charge in [-0.05, 0) is 51.5 Å². The maximum atomic E-state index is 14.4. The van der Waals surface area contributed by atoms with E-state index in [-0.39, 0.29) is 30.9 Å². The van der Waals surface area contributed by atoms with Gasteiger partial charge in [-0.25, -0.2) is 0 Å². The maximum Gasteiger partial charge on any atom is 0.253 e. The Balaban J connectivity index is 1.57. The number of aliphatic hydroxyl groups is 1. The van der Waals surface area contributed by atoms with Gasteiger partial charge in [0.05, 0.1) is 17.4 Å². The van der Waals surface area contributed by atoms with Crippen LogP contribution in [0, 0.1) is 11.8 Å². The van der Waals surface area contributed by atoms with Crippen LogP contribution in [0.2, 0.25) is 0 Å². The number of nitrogens with zero attached hydrogens (tertiary/aromatic N) is 4. The van der Waals surface area contributed by atoms with Gasteiger partial charge in [-0.15, -0.1) is 0 Å². The number of benzene rings is 1. The van der Waals surface area contributed by atoms with Crippen LogP contribution in [0.15, 0.2) is 48.6 Å². The van der Waals surface area contributed by atoms with E-state index in [1.807, 2.05) is 55.5 Å². The third-order valence-corrected chi connectivity index (χ3v) is 8.61. The highest BCUT2D eigenvalue weighted by atomic mass is 16.5. The van der Waals surface area contributed by atoms with E-state index >= 15 is 0 Å². The van der Waals surface area contributed by atoms with Crippen molar-refractivity contribution in [1.29, 1.82) is 0 Å². The summed E-state index contributed by atoms with van der Waals surface area (Å²) >= 11 is 0. The Morgan fingerprint density at radius 1 is 0.974 bits per heavy atom. The first kappa shape index (κ1) is 26.4. The van der Waals surface area contributed by atoms with Crippen LogP contribution in [0.5, 0.6) is 0 Å². The van der Waals surface area contributed by atoms with E-state index < -0.39 is 29.1 Å². The Kier molecular flexibility index (Phi) is 6.86. The third kappa shape index (κ3) is 3.86. The van der Waals surface area contributed by atoms with Crippen molar-refractivity contribution in [3.8, 4) is 0 Å². The van der Waals surface area contributed by atoms with Gasteiger partial charge in [0.2, 0.25) is 11.8 Å². The first-order chi connectivity index (χ1) is 18.2. The zero-order valence-electron chi connectivity index (χ0n) is 22.7. The second-order valence-corrected chi connectivity index (χ2v) is 10.8. The summed E-state index contributed by atoms with van der Waals surface area (Å²) in [5, 5.41) is 9.56. The average Bonchev–Trinajstić information content (AvgIpc) is 3.18. The van der Waals surface area contributed by atoms with Crippen LogP contribution in [0.3, 0.4) is 0 Å². The molecule has 0 aliphatic carbocycles. The smallest absolute Gasteiger partial charge is 0.253 e. The molecule has 0 aromatic heterocycles. The Morgan fingerprint density at radius 3 is 2.32 bits per heavy atom. The van der Waals surface area contributed by atoms with Crippen molar-refractivity contribution in [1.82, 2.24) is 9.80 Å². The molecule has 0 saturated carbocycles. The van der Waals surface area contributed by atoms with Crippen molar-refractivity contribution in [3.05, 3.63) is 48.6 Å². The van der Waals surface area contributed by atoms with E-state index in [4.69, 9.17) is 4.74 Å². The Hall–Kier alpha value is -3.17. The van der Waals surface area contributed by atoms with E-state index in [2.05, 4.69) is 18.7 Å². The van der Waals surface area contributed by atoms with Crippen molar-refractivity contribution in [3.63, 3.8) is 0 Å². The van der Waals surface area contributed by atoms with Gasteiger partial charge in [-0.2, -0.15) is 0 Å². The summed E-state index contributed by atoms with van der Waals surface area (Å²) in [4.78, 5) is 49.1. The number of likely N-dealkylation sites (tertiary alicyclic amines) is 1. The van der Waals surface area contributed by atoms with Crippen LogP contribution in [-0.2, 0) is 19.1 Å². The Morgan fingerprint density at radius 2 is 1.66 bits per heavy atom. The zero-order chi connectivity index (χ0) is 27.2. The minimum absolute atomic E-state index is 0.110. The summed E-state index contributed by atoms with van der Waals surface area (Å²) in [5.74, 6) is -2.27. The van der Waals surface area contributed by atoms with Crippen molar-refractivity contribution in [2.75, 3.05) is 56.2 Å². The topological polar surface area (TPSA) is 93.6 Å². The minimum atomic E-state index is -1.28. The lowest BCUT2D eigenvalue weighted by atomic mass is 9.74. The second kappa shape index (κ2) is 9.85. The number of amides is 3. The summed E-state index contributed by atoms with van der Waals surface area (Å²) in [5.41, 5.74) is -0.485. The van der Waals surface area contributed by atoms with E-state index in [1.165, 1.54) is 4.90 Å². The molecule has 4 aliphatic heterocycles. The third-order valence-electron chi connectivity index (χ3n) is 8.61. The molecule has 1 aromatic carbocycles. The number of carbonyl (C=O) groups is 3. The van der Waals surface area contributed by atoms with Gasteiger partial charge in [0.15, 0.2) is 0 Å². The molecule has 5 atom stereocenters. The van der Waals surface area contributed by atoms with Gasteiger partial charge in [0.1, 0.15) is 11.6 Å². The molecule has 3 amide bonds. The molecule has 0 radical (unpaired) electrons. The van der Waals surface area contributed by atoms with Crippen LogP contribution in [0.25, 0.3) is 0 Å². The standard InChI is InChI=1S/C29H38N4O5/c1-5-31(6-2)20-10-12-21(13-11-20)32-17-8-15-29-23(26(36)33(18-9-19-34)24(29)27(32)37)22-25(35)30(4)16-7-14-28(22,3)38-29/h7-8,10-15,22-24,34H,5-6,9,16-19H2,1-4H3/t22-,23-,24?,28+,29-/m0/s1. The molecule has 2 fully saturated rings. The van der Waals surface area contributed by atoms with Gasteiger partial charge in [-0.1, -0.05) is 24.3 Å². The highest BCUT2D eigenvalue weighted by molar-refractivity contribution is 6.06. The van der Waals surface area contributed by atoms with E-state index in [1.54, 1.807) is 16.8 Å². The molecule has 9 nitrogen and oxygen atoms in total. The van der Waals surface area contributed by atoms with Crippen molar-refractivity contribution in [2.45, 2.75) is 44.4 Å². The average molecular weight is 523 g/mol. The summed E-state index contributed by atoms with van der Waals surface area (Å²) < 4.78 is 6.76. The number of aliphatic hydroxyl groups excluding tert-OH is 1. The van der Waals surface area contributed by atoms with Crippen molar-refractivity contribution >= 4 is 29.1 Å². The normalized spacial score (nSPS) is 32.3. The van der Waals surface area contributed by atoms with Crippen LogP contribution in [0.1, 0.15) is 27.2 Å². The zero-order valence-corrected chi connectivity index (χ0v) is 22.7. The van der Waals surface area contributed by atoms with Gasteiger partial charge < -0.3 is 29.4 Å². The Labute approximate surface area is 224 Å². The number of anilines is 2. The number of fused-ring (bicyclic) bond motifs is 2. The molecular weight excluding hydrogens is 484 g/mol. The molecule has 38 heavy (non-hydrogen) atoms. The molecule has 0 bridgehead atoms. The first-order valence-electron chi connectivity index (χ1n) is 13.6. The first-order valence-corrected chi connectivity index (χ1v) is 13.6. The molecular formula is C29H38N4O5. The molecule has 1 aromatic rings. The fraction of sp³-hybridized carbons (Fsp3) is 0.552. The lowest BCUT2D eigenvalue weighted by molar-refractivity contribution is -0.148. The predicted molar refractivity (Wildman–Crippen MR) is 145 cm³/mol. The summed E-state index contributed by atoms with van der Waals surface area (Å²) in [6, 6.07) is 6.95. The number of hydrogen-bond donors (Lipinski definition) is 1. The highest BCUT2D eigenvalue weighted by Crippen LogP contribution is 2.57.